The number of ketones is 1. The van der Waals surface area contributed by atoms with Gasteiger partial charge in [-0.05, 0) is 41.9 Å². The quantitative estimate of drug-likeness (QED) is 0.153. The maximum Gasteiger partial charge on any atom is 0.409 e. The molecule has 0 spiro atoms. The third-order valence-corrected chi connectivity index (χ3v) is 9.52. The molecule has 2 aliphatic heterocycles. The summed E-state index contributed by atoms with van der Waals surface area (Å²) in [5, 5.41) is 11.2. The van der Waals surface area contributed by atoms with Crippen LogP contribution in [0.3, 0.4) is 0 Å². The van der Waals surface area contributed by atoms with E-state index in [0.717, 1.165) is 19.3 Å². The lowest BCUT2D eigenvalue weighted by Gasteiger charge is -2.39. The molecule has 270 valence electrons. The Morgan fingerprint density at radius 3 is 2.25 bits per heavy atom. The summed E-state index contributed by atoms with van der Waals surface area (Å²) in [6.45, 7) is 18.4. The van der Waals surface area contributed by atoms with Crippen LogP contribution in [0.4, 0.5) is 9.59 Å². The van der Waals surface area contributed by atoms with E-state index in [1.807, 2.05) is 48.5 Å². The van der Waals surface area contributed by atoms with Crippen LogP contribution < -0.4 is 21.3 Å². The summed E-state index contributed by atoms with van der Waals surface area (Å²) in [5.74, 6) is -1.99. The van der Waals surface area contributed by atoms with Crippen LogP contribution in [0.25, 0.3) is 0 Å². The van der Waals surface area contributed by atoms with Gasteiger partial charge in [-0.15, -0.1) is 6.58 Å². The van der Waals surface area contributed by atoms with Gasteiger partial charge in [-0.25, -0.2) is 9.59 Å². The van der Waals surface area contributed by atoms with Gasteiger partial charge in [0.15, 0.2) is 0 Å². The highest BCUT2D eigenvalue weighted by molar-refractivity contribution is 6.38. The first-order chi connectivity index (χ1) is 22.4. The summed E-state index contributed by atoms with van der Waals surface area (Å²) in [7, 11) is 0. The number of carbonyl (C=O) groups excluding carboxylic acids is 6. The summed E-state index contributed by atoms with van der Waals surface area (Å²) in [4.78, 5) is 82.6. The van der Waals surface area contributed by atoms with Gasteiger partial charge in [-0.1, -0.05) is 80.2 Å². The van der Waals surface area contributed by atoms with Crippen molar-refractivity contribution in [2.45, 2.75) is 118 Å². The molecular weight excluding hydrogens is 616 g/mol. The molecule has 3 rings (SSSR count). The molecule has 1 aliphatic carbocycles. The molecule has 6 amide bonds. The number of nitrogens with zero attached hydrogens (tertiary/aromatic N) is 2. The van der Waals surface area contributed by atoms with Gasteiger partial charge in [0.25, 0.3) is 5.91 Å². The summed E-state index contributed by atoms with van der Waals surface area (Å²) in [5.41, 5.74) is -1.14. The fourth-order valence-electron chi connectivity index (χ4n) is 6.21. The second kappa shape index (κ2) is 16.6. The zero-order valence-electron chi connectivity index (χ0n) is 30.0. The number of Topliss-reactive ketones (excluding diaryl/α,β-unsaturated/α-hetero) is 1. The molecule has 3 aliphatic rings. The first kappa shape index (κ1) is 38.8. The van der Waals surface area contributed by atoms with Gasteiger partial charge < -0.3 is 35.8 Å². The van der Waals surface area contributed by atoms with Crippen LogP contribution in [0.1, 0.15) is 93.4 Å². The van der Waals surface area contributed by atoms with Gasteiger partial charge in [-0.2, -0.15) is 0 Å². The fourth-order valence-corrected chi connectivity index (χ4v) is 6.21. The van der Waals surface area contributed by atoms with E-state index in [-0.39, 0.29) is 19.0 Å². The lowest BCUT2D eigenvalue weighted by atomic mass is 9.85. The van der Waals surface area contributed by atoms with Crippen molar-refractivity contribution in [1.82, 2.24) is 31.1 Å². The van der Waals surface area contributed by atoms with Crippen LogP contribution in [-0.2, 0) is 23.9 Å². The molecule has 0 aromatic heterocycles. The molecule has 13 nitrogen and oxygen atoms in total. The number of amides is 6. The fraction of sp³-hybridized carbons (Fsp3) is 0.771. The van der Waals surface area contributed by atoms with Gasteiger partial charge in [0.05, 0.1) is 18.7 Å². The number of urea groups is 1. The highest BCUT2D eigenvalue weighted by atomic mass is 16.6. The Labute approximate surface area is 285 Å². The van der Waals surface area contributed by atoms with Crippen LogP contribution in [0.15, 0.2) is 12.7 Å². The summed E-state index contributed by atoms with van der Waals surface area (Å²) >= 11 is 0. The van der Waals surface area contributed by atoms with Gasteiger partial charge in [0.1, 0.15) is 12.1 Å². The van der Waals surface area contributed by atoms with E-state index in [9.17, 15) is 28.8 Å². The number of nitrogens with one attached hydrogen (secondary N) is 4. The molecule has 2 heterocycles. The minimum absolute atomic E-state index is 0.130. The van der Waals surface area contributed by atoms with E-state index in [2.05, 4.69) is 27.8 Å². The molecule has 2 saturated heterocycles. The smallest absolute Gasteiger partial charge is 0.409 e. The SMILES string of the molecule is C=CCNC(=O)C(=O)C(CCCC1CC1)NC(=O)[C@@H]1[C@@H](C)CCN1C(=O)[C@@H](NC(=O)N[C@H](CN1CCCOC1=O)C(C)(C)C)C(C)(C)C. The van der Waals surface area contributed by atoms with E-state index < -0.39 is 70.6 Å². The predicted octanol–water partition coefficient (Wildman–Crippen LogP) is 3.13. The van der Waals surface area contributed by atoms with E-state index >= 15 is 0 Å². The van der Waals surface area contributed by atoms with Gasteiger partial charge in [0, 0.05) is 26.2 Å². The Hall–Kier alpha value is -3.64. The van der Waals surface area contributed by atoms with Crippen molar-refractivity contribution < 1.29 is 33.5 Å². The van der Waals surface area contributed by atoms with Crippen LogP contribution in [-0.4, -0.2) is 102 Å². The molecule has 1 unspecified atom stereocenters. The average Bonchev–Trinajstić information content (AvgIpc) is 3.75. The Kier molecular flexibility index (Phi) is 13.5. The van der Waals surface area contributed by atoms with Crippen LogP contribution in [0, 0.1) is 22.7 Å². The second-order valence-corrected chi connectivity index (χ2v) is 15.8. The third kappa shape index (κ3) is 10.9. The van der Waals surface area contributed by atoms with Crippen molar-refractivity contribution in [2.24, 2.45) is 22.7 Å². The van der Waals surface area contributed by atoms with Crippen molar-refractivity contribution in [1.29, 1.82) is 0 Å². The maximum atomic E-state index is 14.2. The van der Waals surface area contributed by atoms with E-state index in [1.54, 1.807) is 4.90 Å². The molecule has 5 atom stereocenters. The molecule has 0 aromatic carbocycles. The van der Waals surface area contributed by atoms with Crippen LogP contribution >= 0.6 is 0 Å². The minimum atomic E-state index is -1.01. The Bertz CT molecular complexity index is 1200. The number of hydrogen-bond donors (Lipinski definition) is 4. The average molecular weight is 675 g/mol. The number of likely N-dealkylation sites (tertiary alicyclic amines) is 1. The molecule has 0 bridgehead atoms. The Balaban J connectivity index is 1.75. The first-order valence-corrected chi connectivity index (χ1v) is 17.5. The lowest BCUT2D eigenvalue weighted by Crippen LogP contribution is -2.62. The zero-order chi connectivity index (χ0) is 35.8. The number of rotatable bonds is 15. The maximum absolute atomic E-state index is 14.2. The van der Waals surface area contributed by atoms with Crippen molar-refractivity contribution in [3.05, 3.63) is 12.7 Å². The van der Waals surface area contributed by atoms with Crippen molar-refractivity contribution in [3.63, 3.8) is 0 Å². The van der Waals surface area contributed by atoms with Crippen LogP contribution in [0.5, 0.6) is 0 Å². The normalized spacial score (nSPS) is 21.8. The standard InChI is InChI=1S/C35H58N6O7/c1-9-17-36-30(44)27(42)24(13-10-12-23-14-15-23)37-29(43)26-22(2)16-19-41(26)31(45)28(35(6,7)8)39-32(46)38-25(34(3,4)5)21-40-18-11-20-48-33(40)47/h9,22-26,28H,1,10-21H2,2-8H3,(H,36,44)(H,37,43)(H2,38,39,46)/t22-,24?,25+,26-,28+/m0/s1. The van der Waals surface area contributed by atoms with Crippen molar-refractivity contribution in [3.8, 4) is 0 Å². The molecule has 3 fully saturated rings. The van der Waals surface area contributed by atoms with Gasteiger partial charge >= 0.3 is 12.1 Å². The number of cyclic esters (lactones) is 1. The first-order valence-electron chi connectivity index (χ1n) is 17.5. The molecule has 1 saturated carbocycles. The van der Waals surface area contributed by atoms with Crippen LogP contribution in [0.2, 0.25) is 0 Å². The summed E-state index contributed by atoms with van der Waals surface area (Å²) < 4.78 is 5.17. The Morgan fingerprint density at radius 1 is 0.979 bits per heavy atom. The highest BCUT2D eigenvalue weighted by Gasteiger charge is 2.46. The number of carbonyl (C=O) groups is 6. The largest absolute Gasteiger partial charge is 0.449 e. The number of ether oxygens (including phenoxy) is 1. The zero-order valence-corrected chi connectivity index (χ0v) is 30.0. The summed E-state index contributed by atoms with van der Waals surface area (Å²) in [6, 6.07) is -3.88. The number of hydrogen-bond acceptors (Lipinski definition) is 7. The molecule has 13 heteroatoms. The van der Waals surface area contributed by atoms with E-state index in [0.29, 0.717) is 51.3 Å². The summed E-state index contributed by atoms with van der Waals surface area (Å²) in [6.07, 6.45) is 6.59. The minimum Gasteiger partial charge on any atom is -0.449 e. The van der Waals surface area contributed by atoms with Gasteiger partial charge in [-0.3, -0.25) is 19.2 Å². The second-order valence-electron chi connectivity index (χ2n) is 15.8. The third-order valence-electron chi connectivity index (χ3n) is 9.52. The monoisotopic (exact) mass is 674 g/mol. The van der Waals surface area contributed by atoms with Crippen molar-refractivity contribution >= 4 is 35.6 Å². The molecule has 4 N–H and O–H groups in total. The predicted molar refractivity (Wildman–Crippen MR) is 182 cm³/mol. The molecule has 0 aromatic rings. The molecular formula is C35H58N6O7. The van der Waals surface area contributed by atoms with Crippen molar-refractivity contribution in [2.75, 3.05) is 32.8 Å². The van der Waals surface area contributed by atoms with E-state index in [4.69, 9.17) is 4.74 Å². The highest BCUT2D eigenvalue weighted by Crippen LogP contribution is 2.34. The lowest BCUT2D eigenvalue weighted by molar-refractivity contribution is -0.144. The Morgan fingerprint density at radius 2 is 1.67 bits per heavy atom. The molecule has 0 radical (unpaired) electrons. The van der Waals surface area contributed by atoms with Gasteiger partial charge in [0.2, 0.25) is 17.6 Å². The topological polar surface area (TPSA) is 166 Å². The molecule has 48 heavy (non-hydrogen) atoms. The van der Waals surface area contributed by atoms with E-state index in [1.165, 1.54) is 11.0 Å².